The summed E-state index contributed by atoms with van der Waals surface area (Å²) in [6, 6.07) is 13.5. The summed E-state index contributed by atoms with van der Waals surface area (Å²) in [5, 5.41) is 0.772. The molecule has 0 unspecified atom stereocenters. The molecular weight excluding hydrogens is 232 g/mol. The highest BCUT2D eigenvalue weighted by Crippen LogP contribution is 2.24. The first-order valence-electron chi connectivity index (χ1n) is 5.45. The molecule has 0 bridgehead atoms. The van der Waals surface area contributed by atoms with Gasteiger partial charge in [-0.3, -0.25) is 4.79 Å². The SMILES string of the molecule is CC(=O)c1ccc(-c2ccc(Cl)c(C)c2)cc1. The van der Waals surface area contributed by atoms with Crippen molar-refractivity contribution in [2.75, 3.05) is 0 Å². The third-order valence-electron chi connectivity index (χ3n) is 2.78. The van der Waals surface area contributed by atoms with E-state index in [2.05, 4.69) is 0 Å². The second-order valence-electron chi connectivity index (χ2n) is 4.10. The van der Waals surface area contributed by atoms with Gasteiger partial charge in [-0.05, 0) is 42.7 Å². The monoisotopic (exact) mass is 244 g/mol. The second-order valence-corrected chi connectivity index (χ2v) is 4.50. The van der Waals surface area contributed by atoms with Crippen LogP contribution in [-0.4, -0.2) is 5.78 Å². The fraction of sp³-hybridized carbons (Fsp3) is 0.133. The number of carbonyl (C=O) groups is 1. The van der Waals surface area contributed by atoms with Crippen molar-refractivity contribution in [3.05, 3.63) is 58.6 Å². The van der Waals surface area contributed by atoms with Crippen molar-refractivity contribution in [3.8, 4) is 11.1 Å². The number of aryl methyl sites for hydroxylation is 1. The lowest BCUT2D eigenvalue weighted by Crippen LogP contribution is -1.90. The molecule has 0 heterocycles. The zero-order valence-electron chi connectivity index (χ0n) is 9.83. The number of Topliss-reactive ketones (excluding diaryl/α,β-unsaturated/α-hetero) is 1. The fourth-order valence-corrected chi connectivity index (χ4v) is 1.84. The van der Waals surface area contributed by atoms with Gasteiger partial charge in [-0.25, -0.2) is 0 Å². The number of benzene rings is 2. The first-order chi connectivity index (χ1) is 8.08. The minimum atomic E-state index is 0.0869. The Balaban J connectivity index is 2.39. The van der Waals surface area contributed by atoms with Gasteiger partial charge in [0.2, 0.25) is 0 Å². The van der Waals surface area contributed by atoms with Gasteiger partial charge in [0.1, 0.15) is 0 Å². The van der Waals surface area contributed by atoms with Gasteiger partial charge in [-0.2, -0.15) is 0 Å². The normalized spacial score (nSPS) is 10.3. The fourth-order valence-electron chi connectivity index (χ4n) is 1.72. The zero-order valence-corrected chi connectivity index (χ0v) is 10.6. The molecule has 0 amide bonds. The summed E-state index contributed by atoms with van der Waals surface area (Å²) >= 11 is 5.99. The standard InChI is InChI=1S/C15H13ClO/c1-10-9-14(7-8-15(10)16)13-5-3-12(4-6-13)11(2)17/h3-9H,1-2H3. The van der Waals surface area contributed by atoms with E-state index in [0.717, 1.165) is 27.3 Å². The number of hydrogen-bond donors (Lipinski definition) is 0. The van der Waals surface area contributed by atoms with Crippen molar-refractivity contribution in [1.82, 2.24) is 0 Å². The molecule has 0 radical (unpaired) electrons. The molecule has 0 aliphatic carbocycles. The average Bonchev–Trinajstić information content (AvgIpc) is 2.33. The molecule has 2 heteroatoms. The number of halogens is 1. The molecule has 2 rings (SSSR count). The Morgan fingerprint density at radius 3 is 2.12 bits per heavy atom. The van der Waals surface area contributed by atoms with E-state index in [1.54, 1.807) is 6.92 Å². The lowest BCUT2D eigenvalue weighted by molar-refractivity contribution is 0.101. The van der Waals surface area contributed by atoms with Gasteiger partial charge < -0.3 is 0 Å². The van der Waals surface area contributed by atoms with Gasteiger partial charge in [0.25, 0.3) is 0 Å². The molecule has 86 valence electrons. The van der Waals surface area contributed by atoms with Crippen LogP contribution in [0, 0.1) is 6.92 Å². The van der Waals surface area contributed by atoms with Gasteiger partial charge in [0.15, 0.2) is 5.78 Å². The largest absolute Gasteiger partial charge is 0.295 e. The highest BCUT2D eigenvalue weighted by atomic mass is 35.5. The van der Waals surface area contributed by atoms with Gasteiger partial charge >= 0.3 is 0 Å². The Morgan fingerprint density at radius 2 is 1.59 bits per heavy atom. The smallest absolute Gasteiger partial charge is 0.159 e. The van der Waals surface area contributed by atoms with Crippen molar-refractivity contribution in [3.63, 3.8) is 0 Å². The minimum Gasteiger partial charge on any atom is -0.295 e. The van der Waals surface area contributed by atoms with Gasteiger partial charge in [-0.15, -0.1) is 0 Å². The number of hydrogen-bond acceptors (Lipinski definition) is 1. The Kier molecular flexibility index (Phi) is 3.30. The molecular formula is C15H13ClO. The van der Waals surface area contributed by atoms with E-state index < -0.39 is 0 Å². The predicted molar refractivity (Wildman–Crippen MR) is 71.6 cm³/mol. The molecule has 2 aromatic rings. The summed E-state index contributed by atoms with van der Waals surface area (Å²) in [5.41, 5.74) is 4.00. The average molecular weight is 245 g/mol. The predicted octanol–water partition coefficient (Wildman–Crippen LogP) is 4.52. The highest BCUT2D eigenvalue weighted by Gasteiger charge is 2.02. The van der Waals surface area contributed by atoms with Crippen LogP contribution in [-0.2, 0) is 0 Å². The second kappa shape index (κ2) is 4.72. The summed E-state index contributed by atoms with van der Waals surface area (Å²) in [5.74, 6) is 0.0869. The molecule has 0 atom stereocenters. The summed E-state index contributed by atoms with van der Waals surface area (Å²) < 4.78 is 0. The van der Waals surface area contributed by atoms with Crippen molar-refractivity contribution in [1.29, 1.82) is 0 Å². The molecule has 0 aliphatic heterocycles. The van der Waals surface area contributed by atoms with Crippen molar-refractivity contribution >= 4 is 17.4 Å². The summed E-state index contributed by atoms with van der Waals surface area (Å²) in [6.45, 7) is 3.55. The summed E-state index contributed by atoms with van der Waals surface area (Å²) in [4.78, 5) is 11.2. The Morgan fingerprint density at radius 1 is 1.00 bits per heavy atom. The third kappa shape index (κ3) is 2.56. The van der Waals surface area contributed by atoms with E-state index in [1.807, 2.05) is 49.4 Å². The van der Waals surface area contributed by atoms with Crippen LogP contribution < -0.4 is 0 Å². The van der Waals surface area contributed by atoms with Crippen LogP contribution in [0.3, 0.4) is 0 Å². The molecule has 0 N–H and O–H groups in total. The van der Waals surface area contributed by atoms with Crippen LogP contribution in [0.25, 0.3) is 11.1 Å². The molecule has 17 heavy (non-hydrogen) atoms. The van der Waals surface area contributed by atoms with Crippen LogP contribution >= 0.6 is 11.6 Å². The lowest BCUT2D eigenvalue weighted by Gasteiger charge is -2.05. The van der Waals surface area contributed by atoms with Crippen LogP contribution in [0.15, 0.2) is 42.5 Å². The van der Waals surface area contributed by atoms with Crippen LogP contribution in [0.5, 0.6) is 0 Å². The van der Waals surface area contributed by atoms with E-state index in [0.29, 0.717) is 0 Å². The van der Waals surface area contributed by atoms with Crippen molar-refractivity contribution < 1.29 is 4.79 Å². The number of carbonyl (C=O) groups excluding carboxylic acids is 1. The maximum Gasteiger partial charge on any atom is 0.159 e. The summed E-state index contributed by atoms with van der Waals surface area (Å²) in [6.07, 6.45) is 0. The Bertz CT molecular complexity index is 556. The van der Waals surface area contributed by atoms with Gasteiger partial charge in [0.05, 0.1) is 0 Å². The van der Waals surface area contributed by atoms with Crippen molar-refractivity contribution in [2.45, 2.75) is 13.8 Å². The quantitative estimate of drug-likeness (QED) is 0.710. The Labute approximate surface area is 106 Å². The highest BCUT2D eigenvalue weighted by molar-refractivity contribution is 6.31. The molecule has 0 saturated heterocycles. The molecule has 0 aromatic heterocycles. The molecule has 1 nitrogen and oxygen atoms in total. The first kappa shape index (κ1) is 11.9. The molecule has 0 aliphatic rings. The summed E-state index contributed by atoms with van der Waals surface area (Å²) in [7, 11) is 0. The van der Waals surface area contributed by atoms with Crippen LogP contribution in [0.1, 0.15) is 22.8 Å². The van der Waals surface area contributed by atoms with Gasteiger partial charge in [-0.1, -0.05) is 41.9 Å². The Hall–Kier alpha value is -1.60. The van der Waals surface area contributed by atoms with Crippen LogP contribution in [0.2, 0.25) is 5.02 Å². The topological polar surface area (TPSA) is 17.1 Å². The van der Waals surface area contributed by atoms with E-state index in [9.17, 15) is 4.79 Å². The van der Waals surface area contributed by atoms with E-state index >= 15 is 0 Å². The molecule has 0 fully saturated rings. The minimum absolute atomic E-state index is 0.0869. The van der Waals surface area contributed by atoms with E-state index in [1.165, 1.54) is 0 Å². The number of rotatable bonds is 2. The maximum absolute atomic E-state index is 11.2. The van der Waals surface area contributed by atoms with E-state index in [-0.39, 0.29) is 5.78 Å². The third-order valence-corrected chi connectivity index (χ3v) is 3.21. The number of ketones is 1. The van der Waals surface area contributed by atoms with E-state index in [4.69, 9.17) is 11.6 Å². The zero-order chi connectivity index (χ0) is 12.4. The first-order valence-corrected chi connectivity index (χ1v) is 5.83. The maximum atomic E-state index is 11.2. The molecule has 2 aromatic carbocycles. The molecule has 0 saturated carbocycles. The van der Waals surface area contributed by atoms with Crippen LogP contribution in [0.4, 0.5) is 0 Å². The lowest BCUT2D eigenvalue weighted by atomic mass is 10.0. The van der Waals surface area contributed by atoms with Gasteiger partial charge in [0, 0.05) is 10.6 Å². The molecule has 0 spiro atoms. The van der Waals surface area contributed by atoms with Crippen molar-refractivity contribution in [2.24, 2.45) is 0 Å².